The zero-order chi connectivity index (χ0) is 19.2. The Morgan fingerprint density at radius 2 is 1.77 bits per heavy atom. The highest BCUT2D eigenvalue weighted by Gasteiger charge is 2.31. The highest BCUT2D eigenvalue weighted by Crippen LogP contribution is 2.21. The number of hydrogen-bond acceptors (Lipinski definition) is 5. The van der Waals surface area contributed by atoms with E-state index in [1.807, 2.05) is 25.7 Å². The van der Waals surface area contributed by atoms with Crippen LogP contribution in [0.1, 0.15) is 27.2 Å². The van der Waals surface area contributed by atoms with Crippen LogP contribution in [0.5, 0.6) is 5.75 Å². The maximum Gasteiger partial charge on any atom is 0.243 e. The van der Waals surface area contributed by atoms with Crippen molar-refractivity contribution in [1.29, 1.82) is 0 Å². The molecule has 0 unspecified atom stereocenters. The van der Waals surface area contributed by atoms with Gasteiger partial charge in [-0.25, -0.2) is 8.42 Å². The van der Waals surface area contributed by atoms with Gasteiger partial charge in [-0.2, -0.15) is 4.31 Å². The van der Waals surface area contributed by atoms with Crippen LogP contribution in [0.15, 0.2) is 29.2 Å². The molecule has 1 heterocycles. The first-order chi connectivity index (χ1) is 12.4. The van der Waals surface area contributed by atoms with E-state index >= 15 is 0 Å². The Morgan fingerprint density at radius 1 is 1.15 bits per heavy atom. The summed E-state index contributed by atoms with van der Waals surface area (Å²) in [6.07, 6.45) is 0.895. The Hall–Kier alpha value is -1.64. The van der Waals surface area contributed by atoms with Crippen LogP contribution in [-0.2, 0) is 14.8 Å². The van der Waals surface area contributed by atoms with E-state index in [1.54, 1.807) is 24.3 Å². The largest absolute Gasteiger partial charge is 0.494 e. The van der Waals surface area contributed by atoms with Crippen LogP contribution in [0.25, 0.3) is 0 Å². The summed E-state index contributed by atoms with van der Waals surface area (Å²) in [6, 6.07) is 6.25. The molecule has 26 heavy (non-hydrogen) atoms. The predicted octanol–water partition coefficient (Wildman–Crippen LogP) is 1.31. The van der Waals surface area contributed by atoms with Crippen LogP contribution < -0.4 is 10.1 Å². The molecule has 0 radical (unpaired) electrons. The molecular weight excluding hydrogens is 354 g/mol. The van der Waals surface area contributed by atoms with Gasteiger partial charge in [0.15, 0.2) is 0 Å². The smallest absolute Gasteiger partial charge is 0.243 e. The van der Waals surface area contributed by atoms with E-state index < -0.39 is 10.0 Å². The number of nitrogens with zero attached hydrogens (tertiary/aromatic N) is 2. The lowest BCUT2D eigenvalue weighted by molar-refractivity contribution is -0.126. The number of piperazine rings is 1. The fourth-order valence-corrected chi connectivity index (χ4v) is 4.34. The molecule has 146 valence electrons. The number of amides is 1. The lowest BCUT2D eigenvalue weighted by atomic mass is 10.2. The van der Waals surface area contributed by atoms with Gasteiger partial charge in [-0.05, 0) is 44.5 Å². The summed E-state index contributed by atoms with van der Waals surface area (Å²) >= 11 is 0. The van der Waals surface area contributed by atoms with Crippen molar-refractivity contribution in [2.75, 3.05) is 39.3 Å². The Balaban J connectivity index is 1.96. The van der Waals surface area contributed by atoms with Crippen LogP contribution in [0.2, 0.25) is 0 Å². The molecule has 0 spiro atoms. The van der Waals surface area contributed by atoms with Crippen LogP contribution >= 0.6 is 0 Å². The molecule has 0 aliphatic carbocycles. The molecule has 1 fully saturated rings. The number of rotatable bonds is 8. The third-order valence-corrected chi connectivity index (χ3v) is 6.44. The van der Waals surface area contributed by atoms with E-state index in [4.69, 9.17) is 4.74 Å². The number of hydrogen-bond donors (Lipinski definition) is 1. The normalized spacial score (nSPS) is 17.7. The maximum absolute atomic E-state index is 12.8. The first kappa shape index (κ1) is 20.7. The Labute approximate surface area is 156 Å². The third kappa shape index (κ3) is 4.96. The number of benzene rings is 1. The van der Waals surface area contributed by atoms with Crippen molar-refractivity contribution in [2.24, 2.45) is 0 Å². The molecule has 7 nitrogen and oxygen atoms in total. The van der Waals surface area contributed by atoms with E-state index in [-0.39, 0.29) is 16.8 Å². The zero-order valence-corrected chi connectivity index (χ0v) is 16.6. The Bertz CT molecular complexity index is 683. The van der Waals surface area contributed by atoms with Gasteiger partial charge in [0.1, 0.15) is 5.75 Å². The molecule has 1 atom stereocenters. The standard InChI is InChI=1S/C18H29N3O4S/c1-4-10-19-18(22)15(3)20-11-13-21(14-12-20)26(23,24)17-8-6-16(7-9-17)25-5-2/h6-9,15H,4-5,10-14H2,1-3H3,(H,19,22)/t15-/m0/s1. The second kappa shape index (κ2) is 9.34. The summed E-state index contributed by atoms with van der Waals surface area (Å²) in [5.41, 5.74) is 0. The van der Waals surface area contributed by atoms with Crippen LogP contribution in [0.4, 0.5) is 0 Å². The Kier molecular flexibility index (Phi) is 7.43. The molecule has 1 aromatic carbocycles. The lowest BCUT2D eigenvalue weighted by Crippen LogP contribution is -2.54. The molecule has 2 rings (SSSR count). The fraction of sp³-hybridized carbons (Fsp3) is 0.611. The fourth-order valence-electron chi connectivity index (χ4n) is 2.92. The molecule has 1 aromatic rings. The highest BCUT2D eigenvalue weighted by atomic mass is 32.2. The quantitative estimate of drug-likeness (QED) is 0.732. The summed E-state index contributed by atoms with van der Waals surface area (Å²) in [6.45, 7) is 8.79. The van der Waals surface area contributed by atoms with E-state index in [9.17, 15) is 13.2 Å². The zero-order valence-electron chi connectivity index (χ0n) is 15.8. The number of sulfonamides is 1. The molecule has 8 heteroatoms. The van der Waals surface area contributed by atoms with Gasteiger partial charge in [0.25, 0.3) is 0 Å². The lowest BCUT2D eigenvalue weighted by Gasteiger charge is -2.36. The molecule has 0 saturated carbocycles. The monoisotopic (exact) mass is 383 g/mol. The second-order valence-electron chi connectivity index (χ2n) is 6.31. The minimum Gasteiger partial charge on any atom is -0.494 e. The van der Waals surface area contributed by atoms with Gasteiger partial charge in [0, 0.05) is 32.7 Å². The van der Waals surface area contributed by atoms with Crippen molar-refractivity contribution >= 4 is 15.9 Å². The van der Waals surface area contributed by atoms with Crippen molar-refractivity contribution in [2.45, 2.75) is 38.1 Å². The van der Waals surface area contributed by atoms with E-state index in [2.05, 4.69) is 5.32 Å². The summed E-state index contributed by atoms with van der Waals surface area (Å²) < 4.78 is 32.4. The van der Waals surface area contributed by atoms with Crippen LogP contribution in [0.3, 0.4) is 0 Å². The van der Waals surface area contributed by atoms with Gasteiger partial charge in [0.2, 0.25) is 15.9 Å². The van der Waals surface area contributed by atoms with Crippen molar-refractivity contribution in [3.8, 4) is 5.75 Å². The minimum atomic E-state index is -3.53. The maximum atomic E-state index is 12.8. The first-order valence-corrected chi connectivity index (χ1v) is 10.6. The van der Waals surface area contributed by atoms with Crippen LogP contribution in [-0.4, -0.2) is 68.9 Å². The van der Waals surface area contributed by atoms with Gasteiger partial charge >= 0.3 is 0 Å². The van der Waals surface area contributed by atoms with Gasteiger partial charge < -0.3 is 10.1 Å². The third-order valence-electron chi connectivity index (χ3n) is 4.52. The number of nitrogens with one attached hydrogen (secondary N) is 1. The molecule has 1 aliphatic heterocycles. The highest BCUT2D eigenvalue weighted by molar-refractivity contribution is 7.89. The van der Waals surface area contributed by atoms with E-state index in [0.29, 0.717) is 45.1 Å². The molecule has 1 amide bonds. The topological polar surface area (TPSA) is 79.0 Å². The van der Waals surface area contributed by atoms with Crippen molar-refractivity contribution in [3.05, 3.63) is 24.3 Å². The van der Waals surface area contributed by atoms with Gasteiger partial charge in [0.05, 0.1) is 17.5 Å². The summed E-state index contributed by atoms with van der Waals surface area (Å²) in [5, 5.41) is 2.89. The van der Waals surface area contributed by atoms with Crippen molar-refractivity contribution in [1.82, 2.24) is 14.5 Å². The molecule has 1 saturated heterocycles. The minimum absolute atomic E-state index is 0.00494. The molecular formula is C18H29N3O4S. The van der Waals surface area contributed by atoms with Gasteiger partial charge in [-0.1, -0.05) is 6.92 Å². The van der Waals surface area contributed by atoms with E-state index in [0.717, 1.165) is 6.42 Å². The number of carbonyl (C=O) groups excluding carboxylic acids is 1. The summed E-state index contributed by atoms with van der Waals surface area (Å²) in [7, 11) is -3.53. The van der Waals surface area contributed by atoms with Gasteiger partial charge in [-0.15, -0.1) is 0 Å². The predicted molar refractivity (Wildman–Crippen MR) is 101 cm³/mol. The van der Waals surface area contributed by atoms with Gasteiger partial charge in [-0.3, -0.25) is 9.69 Å². The van der Waals surface area contributed by atoms with Crippen molar-refractivity contribution in [3.63, 3.8) is 0 Å². The van der Waals surface area contributed by atoms with E-state index in [1.165, 1.54) is 4.31 Å². The number of ether oxygens (including phenoxy) is 1. The van der Waals surface area contributed by atoms with Crippen molar-refractivity contribution < 1.29 is 17.9 Å². The molecule has 0 aromatic heterocycles. The van der Waals surface area contributed by atoms with Crippen LogP contribution in [0, 0.1) is 0 Å². The molecule has 0 bridgehead atoms. The second-order valence-corrected chi connectivity index (χ2v) is 8.25. The first-order valence-electron chi connectivity index (χ1n) is 9.15. The molecule has 1 N–H and O–H groups in total. The summed E-state index contributed by atoms with van der Waals surface area (Å²) in [4.78, 5) is 14.4. The summed E-state index contributed by atoms with van der Waals surface area (Å²) in [5.74, 6) is 0.651. The Morgan fingerprint density at radius 3 is 2.31 bits per heavy atom. The average Bonchev–Trinajstić information content (AvgIpc) is 2.66. The molecule has 1 aliphatic rings. The SMILES string of the molecule is CCCNC(=O)[C@H](C)N1CCN(S(=O)(=O)c2ccc(OCC)cc2)CC1. The average molecular weight is 384 g/mol. The number of carbonyl (C=O) groups is 1.